The lowest BCUT2D eigenvalue weighted by Crippen LogP contribution is -1.95. The zero-order valence-electron chi connectivity index (χ0n) is 10.3. The first kappa shape index (κ1) is 12.5. The van der Waals surface area contributed by atoms with E-state index >= 15 is 0 Å². The number of fused-ring (bicyclic) bond motifs is 1. The van der Waals surface area contributed by atoms with Crippen molar-refractivity contribution in [3.05, 3.63) is 36.9 Å². The third-order valence-corrected chi connectivity index (χ3v) is 4.99. The van der Waals surface area contributed by atoms with Crippen molar-refractivity contribution in [1.29, 1.82) is 0 Å². The van der Waals surface area contributed by atoms with Gasteiger partial charge in [0.25, 0.3) is 0 Å². The number of rotatable bonds is 5. The van der Waals surface area contributed by atoms with Gasteiger partial charge in [-0.1, -0.05) is 11.8 Å². The summed E-state index contributed by atoms with van der Waals surface area (Å²) in [5, 5.41) is 0. The van der Waals surface area contributed by atoms with Gasteiger partial charge < -0.3 is 10.3 Å². The molecule has 6 heteroatoms. The summed E-state index contributed by atoms with van der Waals surface area (Å²) in [7, 11) is 0. The molecular formula is C13H14N4S2. The molecule has 4 nitrogen and oxygen atoms in total. The molecule has 0 atom stereocenters. The number of nitrogen functional groups attached to an aromatic ring is 1. The summed E-state index contributed by atoms with van der Waals surface area (Å²) in [5.74, 6) is 1.06. The largest absolute Gasteiger partial charge is 0.399 e. The van der Waals surface area contributed by atoms with Crippen LogP contribution in [-0.4, -0.2) is 20.3 Å². The van der Waals surface area contributed by atoms with Gasteiger partial charge in [0, 0.05) is 30.4 Å². The molecule has 2 N–H and O–H groups in total. The molecule has 0 aliphatic heterocycles. The third kappa shape index (κ3) is 3.08. The zero-order valence-corrected chi connectivity index (χ0v) is 12.0. The first-order chi connectivity index (χ1) is 9.31. The zero-order chi connectivity index (χ0) is 13.1. The number of aromatic nitrogens is 3. The molecule has 0 aliphatic rings. The lowest BCUT2D eigenvalue weighted by molar-refractivity contribution is 0.683. The van der Waals surface area contributed by atoms with E-state index in [1.165, 1.54) is 0 Å². The number of nitrogens with zero attached hydrogens (tertiary/aromatic N) is 3. The van der Waals surface area contributed by atoms with E-state index < -0.39 is 0 Å². The summed E-state index contributed by atoms with van der Waals surface area (Å²) in [6.07, 6.45) is 6.76. The molecule has 3 aromatic rings. The molecule has 3 rings (SSSR count). The quantitative estimate of drug-likeness (QED) is 0.445. The first-order valence-electron chi connectivity index (χ1n) is 6.06. The molecular weight excluding hydrogens is 276 g/mol. The molecule has 0 unspecified atom stereocenters. The summed E-state index contributed by atoms with van der Waals surface area (Å²) in [6, 6.07) is 5.87. The summed E-state index contributed by atoms with van der Waals surface area (Å²) >= 11 is 3.52. The van der Waals surface area contributed by atoms with Gasteiger partial charge in [0.1, 0.15) is 0 Å². The third-order valence-electron chi connectivity index (χ3n) is 2.74. The van der Waals surface area contributed by atoms with Gasteiger partial charge in [-0.05, 0) is 24.6 Å². The average Bonchev–Trinajstić information content (AvgIpc) is 3.02. The minimum absolute atomic E-state index is 0.799. The Bertz CT molecular complexity index is 660. The summed E-state index contributed by atoms with van der Waals surface area (Å²) in [4.78, 5) is 8.63. The number of thiazole rings is 1. The van der Waals surface area contributed by atoms with Crippen LogP contribution in [0.1, 0.15) is 6.42 Å². The van der Waals surface area contributed by atoms with Crippen LogP contribution in [0.15, 0.2) is 41.3 Å². The molecule has 2 heterocycles. The van der Waals surface area contributed by atoms with Crippen LogP contribution in [0.2, 0.25) is 0 Å². The predicted molar refractivity (Wildman–Crippen MR) is 81.6 cm³/mol. The molecule has 0 bridgehead atoms. The number of aryl methyl sites for hydroxylation is 1. The van der Waals surface area contributed by atoms with E-state index in [9.17, 15) is 0 Å². The van der Waals surface area contributed by atoms with E-state index in [-0.39, 0.29) is 0 Å². The highest BCUT2D eigenvalue weighted by atomic mass is 32.2. The molecule has 1 aromatic carbocycles. The molecule has 98 valence electrons. The minimum Gasteiger partial charge on any atom is -0.399 e. The van der Waals surface area contributed by atoms with Crippen LogP contribution >= 0.6 is 23.1 Å². The van der Waals surface area contributed by atoms with E-state index in [0.29, 0.717) is 0 Å². The smallest absolute Gasteiger partial charge is 0.151 e. The highest BCUT2D eigenvalue weighted by Crippen LogP contribution is 2.30. The fraction of sp³-hybridized carbons (Fsp3) is 0.231. The fourth-order valence-electron chi connectivity index (χ4n) is 1.81. The Kier molecular flexibility index (Phi) is 3.70. The van der Waals surface area contributed by atoms with Gasteiger partial charge in [-0.25, -0.2) is 9.97 Å². The van der Waals surface area contributed by atoms with Gasteiger partial charge in [0.2, 0.25) is 0 Å². The van der Waals surface area contributed by atoms with Crippen molar-refractivity contribution in [2.75, 3.05) is 11.5 Å². The van der Waals surface area contributed by atoms with Crippen LogP contribution in [0.25, 0.3) is 10.2 Å². The predicted octanol–water partition coefficient (Wildman–Crippen LogP) is 3.26. The Balaban J connectivity index is 1.56. The summed E-state index contributed by atoms with van der Waals surface area (Å²) in [5.41, 5.74) is 7.61. The Morgan fingerprint density at radius 3 is 3.16 bits per heavy atom. The molecule has 2 aromatic heterocycles. The Morgan fingerprint density at radius 2 is 2.32 bits per heavy atom. The van der Waals surface area contributed by atoms with Gasteiger partial charge in [0.15, 0.2) is 4.34 Å². The van der Waals surface area contributed by atoms with E-state index in [4.69, 9.17) is 5.73 Å². The maximum absolute atomic E-state index is 5.77. The second kappa shape index (κ2) is 5.63. The second-order valence-corrected chi connectivity index (χ2v) is 6.58. The molecule has 0 aliphatic carbocycles. The normalized spacial score (nSPS) is 11.2. The lowest BCUT2D eigenvalue weighted by atomic mass is 10.3. The van der Waals surface area contributed by atoms with Crippen LogP contribution in [0.3, 0.4) is 0 Å². The van der Waals surface area contributed by atoms with E-state index in [1.54, 1.807) is 23.1 Å². The Labute approximate surface area is 119 Å². The number of nitrogens with two attached hydrogens (primary N) is 1. The number of anilines is 1. The van der Waals surface area contributed by atoms with Crippen molar-refractivity contribution in [2.45, 2.75) is 17.3 Å². The lowest BCUT2D eigenvalue weighted by Gasteiger charge is -2.00. The van der Waals surface area contributed by atoms with Gasteiger partial charge in [-0.15, -0.1) is 11.3 Å². The van der Waals surface area contributed by atoms with Gasteiger partial charge in [-0.3, -0.25) is 0 Å². The number of benzene rings is 1. The van der Waals surface area contributed by atoms with Crippen molar-refractivity contribution in [2.24, 2.45) is 0 Å². The van der Waals surface area contributed by atoms with Crippen LogP contribution in [-0.2, 0) is 6.54 Å². The number of hydrogen-bond donors (Lipinski definition) is 1. The van der Waals surface area contributed by atoms with Crippen molar-refractivity contribution >= 4 is 39.0 Å². The van der Waals surface area contributed by atoms with Crippen LogP contribution in [0.4, 0.5) is 5.69 Å². The average molecular weight is 290 g/mol. The molecule has 0 amide bonds. The second-order valence-electron chi connectivity index (χ2n) is 4.21. The van der Waals surface area contributed by atoms with Crippen LogP contribution in [0.5, 0.6) is 0 Å². The van der Waals surface area contributed by atoms with Gasteiger partial charge in [-0.2, -0.15) is 0 Å². The molecule has 0 spiro atoms. The van der Waals surface area contributed by atoms with Crippen molar-refractivity contribution in [1.82, 2.24) is 14.5 Å². The monoisotopic (exact) mass is 290 g/mol. The van der Waals surface area contributed by atoms with Gasteiger partial charge >= 0.3 is 0 Å². The molecule has 19 heavy (non-hydrogen) atoms. The Hall–Kier alpha value is -1.53. The van der Waals surface area contributed by atoms with Crippen molar-refractivity contribution in [3.8, 4) is 0 Å². The van der Waals surface area contributed by atoms with Crippen LogP contribution in [0, 0.1) is 0 Å². The SMILES string of the molecule is Nc1ccc2nc(SCCCn3ccnc3)sc2c1. The number of imidazole rings is 1. The highest BCUT2D eigenvalue weighted by Gasteiger charge is 2.04. The van der Waals surface area contributed by atoms with E-state index in [2.05, 4.69) is 14.5 Å². The maximum Gasteiger partial charge on any atom is 0.151 e. The fourth-order valence-corrected chi connectivity index (χ4v) is 3.92. The number of thioether (sulfide) groups is 1. The first-order valence-corrected chi connectivity index (χ1v) is 7.86. The molecule has 0 radical (unpaired) electrons. The molecule has 0 saturated carbocycles. The van der Waals surface area contributed by atoms with E-state index in [0.717, 1.165) is 39.0 Å². The van der Waals surface area contributed by atoms with Gasteiger partial charge in [0.05, 0.1) is 16.5 Å². The maximum atomic E-state index is 5.77. The van der Waals surface area contributed by atoms with Crippen molar-refractivity contribution in [3.63, 3.8) is 0 Å². The summed E-state index contributed by atoms with van der Waals surface area (Å²) < 4.78 is 4.38. The number of hydrogen-bond acceptors (Lipinski definition) is 5. The summed E-state index contributed by atoms with van der Waals surface area (Å²) in [6.45, 7) is 1.00. The minimum atomic E-state index is 0.799. The van der Waals surface area contributed by atoms with Crippen LogP contribution < -0.4 is 5.73 Å². The topological polar surface area (TPSA) is 56.7 Å². The highest BCUT2D eigenvalue weighted by molar-refractivity contribution is 8.01. The standard InChI is InChI=1S/C13H14N4S2/c14-10-2-3-11-12(8-10)19-13(16-11)18-7-1-5-17-6-4-15-9-17/h2-4,6,8-9H,1,5,7,14H2. The van der Waals surface area contributed by atoms with E-state index in [1.807, 2.05) is 36.9 Å². The molecule has 0 fully saturated rings. The molecule has 0 saturated heterocycles. The van der Waals surface area contributed by atoms with Crippen molar-refractivity contribution < 1.29 is 0 Å². The Morgan fingerprint density at radius 1 is 1.37 bits per heavy atom.